The Morgan fingerprint density at radius 1 is 1.35 bits per heavy atom. The highest BCUT2D eigenvalue weighted by molar-refractivity contribution is 8.26. The monoisotopic (exact) mass is 352 g/mol. The number of thiocarbonyl (C=S) groups is 1. The third kappa shape index (κ3) is 4.30. The van der Waals surface area contributed by atoms with E-state index in [2.05, 4.69) is 5.32 Å². The number of hydrogen-bond donors (Lipinski definition) is 3. The Labute approximate surface area is 141 Å². The lowest BCUT2D eigenvalue weighted by Crippen LogP contribution is -2.41. The Bertz CT molecular complexity index is 717. The van der Waals surface area contributed by atoms with E-state index in [1.54, 1.807) is 18.2 Å². The molecule has 1 aliphatic heterocycles. The van der Waals surface area contributed by atoms with Crippen LogP contribution in [0, 0.1) is 0 Å². The van der Waals surface area contributed by atoms with Crippen molar-refractivity contribution in [2.24, 2.45) is 0 Å². The molecule has 7 nitrogen and oxygen atoms in total. The van der Waals surface area contributed by atoms with Crippen LogP contribution in [0.15, 0.2) is 29.2 Å². The van der Waals surface area contributed by atoms with Crippen LogP contribution in [-0.2, 0) is 14.4 Å². The second-order valence-corrected chi connectivity index (χ2v) is 6.17. The number of nitrogens with one attached hydrogen (secondary N) is 1. The maximum Gasteiger partial charge on any atom is 0.322 e. The number of nitrogens with zero attached hydrogens (tertiary/aromatic N) is 1. The number of phenols is 1. The molecule has 0 spiro atoms. The Hall–Kier alpha value is -2.39. The quantitative estimate of drug-likeness (QED) is 0.531. The number of hydrogen-bond acceptors (Lipinski definition) is 6. The number of phenolic OH excluding ortho intramolecular Hbond substituents is 1. The summed E-state index contributed by atoms with van der Waals surface area (Å²) in [6, 6.07) is 6.50. The van der Waals surface area contributed by atoms with Crippen molar-refractivity contribution in [1.82, 2.24) is 10.2 Å². The van der Waals surface area contributed by atoms with E-state index < -0.39 is 24.3 Å². The van der Waals surface area contributed by atoms with Gasteiger partial charge in [-0.05, 0) is 12.1 Å². The number of carboxylic acids is 1. The average Bonchev–Trinajstić information content (AvgIpc) is 2.75. The van der Waals surface area contributed by atoms with E-state index in [4.69, 9.17) is 17.3 Å². The van der Waals surface area contributed by atoms with Gasteiger partial charge in [-0.15, -0.1) is 0 Å². The second-order valence-electron chi connectivity index (χ2n) is 4.50. The van der Waals surface area contributed by atoms with E-state index in [0.29, 0.717) is 5.56 Å². The molecular formula is C14H12N2O5S2. The van der Waals surface area contributed by atoms with Crippen LogP contribution in [-0.4, -0.2) is 50.3 Å². The van der Waals surface area contributed by atoms with Crippen molar-refractivity contribution in [3.05, 3.63) is 34.7 Å². The number of para-hydroxylation sites is 1. The van der Waals surface area contributed by atoms with Crippen molar-refractivity contribution in [1.29, 1.82) is 0 Å². The van der Waals surface area contributed by atoms with Crippen LogP contribution < -0.4 is 5.32 Å². The maximum atomic E-state index is 12.3. The van der Waals surface area contributed by atoms with Gasteiger partial charge in [-0.2, -0.15) is 0 Å². The van der Waals surface area contributed by atoms with Crippen molar-refractivity contribution in [2.75, 3.05) is 13.1 Å². The number of thioether (sulfide) groups is 1. The van der Waals surface area contributed by atoms with Crippen LogP contribution in [0.1, 0.15) is 5.56 Å². The summed E-state index contributed by atoms with van der Waals surface area (Å²) >= 11 is 6.08. The molecule has 0 saturated carbocycles. The smallest absolute Gasteiger partial charge is 0.322 e. The second kappa shape index (κ2) is 7.25. The molecule has 2 rings (SSSR count). The van der Waals surface area contributed by atoms with Crippen molar-refractivity contribution < 1.29 is 24.6 Å². The first kappa shape index (κ1) is 17.0. The number of benzene rings is 1. The van der Waals surface area contributed by atoms with Gasteiger partial charge in [0.2, 0.25) is 5.91 Å². The van der Waals surface area contributed by atoms with Crippen molar-refractivity contribution >= 4 is 52.2 Å². The van der Waals surface area contributed by atoms with Gasteiger partial charge >= 0.3 is 5.97 Å². The fourth-order valence-electron chi connectivity index (χ4n) is 1.76. The molecule has 1 aromatic carbocycles. The van der Waals surface area contributed by atoms with E-state index in [1.807, 2.05) is 0 Å². The Balaban J connectivity index is 2.09. The number of carboxylic acid groups (broad SMARTS) is 1. The molecule has 1 aromatic rings. The molecule has 120 valence electrons. The molecule has 1 fully saturated rings. The first-order chi connectivity index (χ1) is 10.9. The van der Waals surface area contributed by atoms with E-state index in [1.165, 1.54) is 12.1 Å². The third-order valence-corrected chi connectivity index (χ3v) is 4.21. The largest absolute Gasteiger partial charge is 0.507 e. The predicted molar refractivity (Wildman–Crippen MR) is 88.6 cm³/mol. The van der Waals surface area contributed by atoms with Gasteiger partial charge in [-0.1, -0.05) is 42.2 Å². The number of carbonyl (C=O) groups is 3. The fraction of sp³-hybridized carbons (Fsp3) is 0.143. The SMILES string of the molecule is O=C(O)CNC(=O)CN1C(=O)/C(=C/c2ccccc2O)SC1=S. The molecule has 1 saturated heterocycles. The lowest BCUT2D eigenvalue weighted by Gasteiger charge is -2.13. The first-order valence-electron chi connectivity index (χ1n) is 6.40. The van der Waals surface area contributed by atoms with Crippen LogP contribution in [0.4, 0.5) is 0 Å². The van der Waals surface area contributed by atoms with E-state index in [9.17, 15) is 19.5 Å². The van der Waals surface area contributed by atoms with Gasteiger partial charge < -0.3 is 15.5 Å². The number of rotatable bonds is 5. The minimum Gasteiger partial charge on any atom is -0.507 e. The summed E-state index contributed by atoms with van der Waals surface area (Å²) in [5.74, 6) is -2.23. The number of carbonyl (C=O) groups excluding carboxylic acids is 2. The molecule has 3 N–H and O–H groups in total. The molecule has 9 heteroatoms. The van der Waals surface area contributed by atoms with Gasteiger partial charge in [0.25, 0.3) is 5.91 Å². The highest BCUT2D eigenvalue weighted by Gasteiger charge is 2.33. The zero-order valence-corrected chi connectivity index (χ0v) is 13.3. The van der Waals surface area contributed by atoms with Gasteiger partial charge in [-0.25, -0.2) is 0 Å². The lowest BCUT2D eigenvalue weighted by molar-refractivity contribution is -0.138. The van der Waals surface area contributed by atoms with E-state index in [-0.39, 0.29) is 21.5 Å². The molecule has 0 unspecified atom stereocenters. The lowest BCUT2D eigenvalue weighted by atomic mass is 10.2. The van der Waals surface area contributed by atoms with E-state index in [0.717, 1.165) is 16.7 Å². The van der Waals surface area contributed by atoms with Crippen molar-refractivity contribution in [3.63, 3.8) is 0 Å². The minimum atomic E-state index is -1.18. The van der Waals surface area contributed by atoms with Gasteiger partial charge in [-0.3, -0.25) is 19.3 Å². The van der Waals surface area contributed by atoms with Crippen LogP contribution in [0.3, 0.4) is 0 Å². The standard InChI is InChI=1S/C14H12N2O5S2/c17-9-4-2-1-3-8(9)5-10-13(21)16(14(22)23-10)7-11(18)15-6-12(19)20/h1-5,17H,6-7H2,(H,15,18)(H,19,20)/b10-5-. The van der Waals surface area contributed by atoms with Gasteiger partial charge in [0, 0.05) is 5.56 Å². The first-order valence-corrected chi connectivity index (χ1v) is 7.63. The van der Waals surface area contributed by atoms with Crippen LogP contribution >= 0.6 is 24.0 Å². The minimum absolute atomic E-state index is 0.0250. The Morgan fingerprint density at radius 2 is 2.04 bits per heavy atom. The summed E-state index contributed by atoms with van der Waals surface area (Å²) in [5.41, 5.74) is 0.461. The molecule has 0 bridgehead atoms. The number of aliphatic carboxylic acids is 1. The molecule has 0 aromatic heterocycles. The Morgan fingerprint density at radius 3 is 2.70 bits per heavy atom. The van der Waals surface area contributed by atoms with Gasteiger partial charge in [0.1, 0.15) is 23.2 Å². The summed E-state index contributed by atoms with van der Waals surface area (Å²) in [6.45, 7) is -0.878. The number of aromatic hydroxyl groups is 1. The summed E-state index contributed by atoms with van der Waals surface area (Å²) in [4.78, 5) is 35.7. The summed E-state index contributed by atoms with van der Waals surface area (Å²) < 4.78 is 0.196. The third-order valence-electron chi connectivity index (χ3n) is 2.84. The van der Waals surface area contributed by atoms with Crippen molar-refractivity contribution in [3.8, 4) is 5.75 Å². The fourth-order valence-corrected chi connectivity index (χ4v) is 3.01. The molecule has 1 aliphatic rings. The normalized spacial score (nSPS) is 16.0. The molecule has 1 heterocycles. The molecule has 2 amide bonds. The maximum absolute atomic E-state index is 12.3. The summed E-state index contributed by atoms with van der Waals surface area (Å²) in [5, 5.41) is 20.4. The highest BCUT2D eigenvalue weighted by atomic mass is 32.2. The molecule has 23 heavy (non-hydrogen) atoms. The molecule has 0 atom stereocenters. The number of amides is 2. The highest BCUT2D eigenvalue weighted by Crippen LogP contribution is 2.33. The zero-order valence-electron chi connectivity index (χ0n) is 11.7. The molecule has 0 aliphatic carbocycles. The van der Waals surface area contributed by atoms with Gasteiger partial charge in [0.15, 0.2) is 0 Å². The Kier molecular flexibility index (Phi) is 5.35. The molecular weight excluding hydrogens is 340 g/mol. The average molecular weight is 352 g/mol. The molecule has 0 radical (unpaired) electrons. The predicted octanol–water partition coefficient (Wildman–Crippen LogP) is 0.794. The van der Waals surface area contributed by atoms with Crippen LogP contribution in [0.25, 0.3) is 6.08 Å². The van der Waals surface area contributed by atoms with E-state index >= 15 is 0 Å². The van der Waals surface area contributed by atoms with Crippen LogP contribution in [0.5, 0.6) is 5.75 Å². The van der Waals surface area contributed by atoms with Crippen LogP contribution in [0.2, 0.25) is 0 Å². The zero-order chi connectivity index (χ0) is 17.0. The topological polar surface area (TPSA) is 107 Å². The summed E-state index contributed by atoms with van der Waals surface area (Å²) in [7, 11) is 0. The van der Waals surface area contributed by atoms with Gasteiger partial charge in [0.05, 0.1) is 4.91 Å². The summed E-state index contributed by atoms with van der Waals surface area (Å²) in [6.07, 6.45) is 1.49. The van der Waals surface area contributed by atoms with Crippen molar-refractivity contribution in [2.45, 2.75) is 0 Å².